The second kappa shape index (κ2) is 18.4. The molecule has 248 valence electrons. The summed E-state index contributed by atoms with van der Waals surface area (Å²) in [6.45, 7) is 7.00. The minimum atomic E-state index is -0.832. The van der Waals surface area contributed by atoms with E-state index in [1.807, 2.05) is 0 Å². The van der Waals surface area contributed by atoms with Gasteiger partial charge in [0.15, 0.2) is 35.0 Å². The fourth-order valence-electron chi connectivity index (χ4n) is 3.59. The molecule has 0 aliphatic rings. The van der Waals surface area contributed by atoms with Gasteiger partial charge in [-0.2, -0.15) is 4.99 Å². The molecule has 15 nitrogen and oxygen atoms in total. The number of nitrogens with one attached hydrogen (secondary N) is 2. The molecule has 0 saturated heterocycles. The van der Waals surface area contributed by atoms with Crippen molar-refractivity contribution in [2.75, 3.05) is 56.7 Å². The summed E-state index contributed by atoms with van der Waals surface area (Å²) in [4.78, 5) is 48.8. The SMILES string of the molecule is CCN(CC)CCNC(=O)c1cc(Cl)c(NC(=O)COc2ccc(Cl)cc2)cc1OC.NC(N)=NC(=O)c1nc(Cl)c(N)nc1N. The monoisotopic (exact) mass is 696 g/mol. The van der Waals surface area contributed by atoms with E-state index >= 15 is 0 Å². The van der Waals surface area contributed by atoms with Crippen molar-refractivity contribution in [3.05, 3.63) is 62.9 Å². The van der Waals surface area contributed by atoms with E-state index in [1.54, 1.807) is 24.3 Å². The number of hydrogen-bond acceptors (Lipinski definition) is 10. The highest BCUT2D eigenvalue weighted by Crippen LogP contribution is 2.31. The number of aliphatic imine (C=N–C) groups is 1. The molecule has 0 aliphatic carbocycles. The normalized spacial score (nSPS) is 10.3. The van der Waals surface area contributed by atoms with Gasteiger partial charge in [-0.1, -0.05) is 48.7 Å². The number of hydrogen-bond donors (Lipinski definition) is 6. The quantitative estimate of drug-likeness (QED) is 0.118. The minimum absolute atomic E-state index is 0.0737. The molecule has 0 fully saturated rings. The summed E-state index contributed by atoms with van der Waals surface area (Å²) in [5.41, 5.74) is 21.1. The standard InChI is InChI=1S/C22H27Cl2N3O4.C6H8ClN7O/c1-4-27(5-2)11-10-25-22(29)17-12-18(24)19(13-20(17)30-3)26-21(28)14-31-16-8-6-15(23)7-9-16;7-2-4(9)13-3(8)1(12-2)5(15)14-6(10)11/h6-9,12-13H,4-5,10-11,14H2,1-3H3,(H,25,29)(H,26,28);(H4,8,9,13)(H4,10,11,14,15). The van der Waals surface area contributed by atoms with Crippen LogP contribution in [0.1, 0.15) is 34.7 Å². The van der Waals surface area contributed by atoms with Crippen LogP contribution in [-0.2, 0) is 4.79 Å². The second-order valence-corrected chi connectivity index (χ2v) is 10.3. The molecular weight excluding hydrogens is 663 g/mol. The maximum Gasteiger partial charge on any atom is 0.302 e. The Kier molecular flexibility index (Phi) is 15.1. The summed E-state index contributed by atoms with van der Waals surface area (Å²) in [6.07, 6.45) is 0. The smallest absolute Gasteiger partial charge is 0.302 e. The van der Waals surface area contributed by atoms with Crippen LogP contribution < -0.4 is 43.0 Å². The largest absolute Gasteiger partial charge is 0.496 e. The Hall–Kier alpha value is -4.57. The zero-order valence-corrected chi connectivity index (χ0v) is 27.5. The predicted octanol–water partition coefficient (Wildman–Crippen LogP) is 2.80. The van der Waals surface area contributed by atoms with Gasteiger partial charge in [-0.05, 0) is 43.4 Å². The Morgan fingerprint density at radius 3 is 2.22 bits per heavy atom. The molecule has 3 rings (SSSR count). The molecule has 3 aromatic rings. The van der Waals surface area contributed by atoms with Crippen LogP contribution in [0.5, 0.6) is 11.5 Å². The van der Waals surface area contributed by atoms with Gasteiger partial charge >= 0.3 is 5.91 Å². The van der Waals surface area contributed by atoms with Crippen LogP contribution in [-0.4, -0.2) is 78.4 Å². The first-order chi connectivity index (χ1) is 21.8. The molecular formula is C28H35Cl3N10O5. The molecule has 0 aliphatic heterocycles. The number of likely N-dealkylation sites (N-methyl/N-ethyl adjacent to an activating group) is 1. The number of aromatic nitrogens is 2. The lowest BCUT2D eigenvalue weighted by Crippen LogP contribution is -2.35. The Morgan fingerprint density at radius 2 is 1.63 bits per heavy atom. The number of rotatable bonds is 12. The number of carbonyl (C=O) groups is 3. The number of halogens is 3. The van der Waals surface area contributed by atoms with Gasteiger partial charge in [0.1, 0.15) is 11.5 Å². The molecule has 2 aromatic carbocycles. The molecule has 0 spiro atoms. The first-order valence-corrected chi connectivity index (χ1v) is 14.7. The van der Waals surface area contributed by atoms with Crippen molar-refractivity contribution in [2.24, 2.45) is 16.5 Å². The van der Waals surface area contributed by atoms with Crippen LogP contribution in [0.4, 0.5) is 17.3 Å². The topological polar surface area (TPSA) is 239 Å². The maximum atomic E-state index is 12.6. The number of ether oxygens (including phenoxy) is 2. The van der Waals surface area contributed by atoms with Gasteiger partial charge in [-0.25, -0.2) is 9.97 Å². The molecule has 18 heteroatoms. The van der Waals surface area contributed by atoms with E-state index in [0.717, 1.165) is 19.6 Å². The van der Waals surface area contributed by atoms with Crippen molar-refractivity contribution in [2.45, 2.75) is 13.8 Å². The average molecular weight is 698 g/mol. The number of anilines is 3. The third-order valence-corrected chi connectivity index (χ3v) is 6.78. The van der Waals surface area contributed by atoms with E-state index in [0.29, 0.717) is 34.3 Å². The molecule has 3 amide bonds. The van der Waals surface area contributed by atoms with Crippen LogP contribution in [0.3, 0.4) is 0 Å². The van der Waals surface area contributed by atoms with Crippen molar-refractivity contribution in [1.82, 2.24) is 20.2 Å². The van der Waals surface area contributed by atoms with E-state index in [2.05, 4.69) is 44.3 Å². The van der Waals surface area contributed by atoms with Crippen molar-refractivity contribution >= 4 is 75.8 Å². The van der Waals surface area contributed by atoms with Crippen molar-refractivity contribution in [3.8, 4) is 11.5 Å². The number of nitrogens with zero attached hydrogens (tertiary/aromatic N) is 4. The Morgan fingerprint density at radius 1 is 0.978 bits per heavy atom. The highest BCUT2D eigenvalue weighted by atomic mass is 35.5. The van der Waals surface area contributed by atoms with Gasteiger partial charge in [0.2, 0.25) is 0 Å². The fraction of sp³-hybridized carbons (Fsp3) is 0.286. The Bertz CT molecular complexity index is 1550. The van der Waals surface area contributed by atoms with Gasteiger partial charge < -0.3 is 47.9 Å². The first-order valence-electron chi connectivity index (χ1n) is 13.6. The van der Waals surface area contributed by atoms with E-state index in [1.165, 1.54) is 19.2 Å². The molecule has 0 radical (unpaired) electrons. The summed E-state index contributed by atoms with van der Waals surface area (Å²) in [7, 11) is 1.45. The van der Waals surface area contributed by atoms with Crippen LogP contribution >= 0.6 is 34.8 Å². The first kappa shape index (κ1) is 37.6. The van der Waals surface area contributed by atoms with Gasteiger partial charge in [-0.15, -0.1) is 0 Å². The molecule has 1 aromatic heterocycles. The molecule has 10 N–H and O–H groups in total. The molecule has 1 heterocycles. The lowest BCUT2D eigenvalue weighted by Gasteiger charge is -2.18. The van der Waals surface area contributed by atoms with Crippen molar-refractivity contribution in [3.63, 3.8) is 0 Å². The number of methoxy groups -OCH3 is 1. The summed E-state index contributed by atoms with van der Waals surface area (Å²) in [6, 6.07) is 9.66. The lowest BCUT2D eigenvalue weighted by atomic mass is 10.1. The second-order valence-electron chi connectivity index (χ2n) is 9.08. The van der Waals surface area contributed by atoms with Crippen molar-refractivity contribution in [1.29, 1.82) is 0 Å². The van der Waals surface area contributed by atoms with Gasteiger partial charge in [0.05, 0.1) is 23.4 Å². The highest BCUT2D eigenvalue weighted by molar-refractivity contribution is 6.34. The zero-order valence-electron chi connectivity index (χ0n) is 25.3. The summed E-state index contributed by atoms with van der Waals surface area (Å²) in [5.74, 6) is -1.39. The number of benzene rings is 2. The van der Waals surface area contributed by atoms with Crippen LogP contribution in [0.2, 0.25) is 15.2 Å². The maximum absolute atomic E-state index is 12.6. The van der Waals surface area contributed by atoms with Gasteiger partial charge in [0.25, 0.3) is 11.8 Å². The molecule has 0 atom stereocenters. The summed E-state index contributed by atoms with van der Waals surface area (Å²) in [5, 5.41) is 6.19. The highest BCUT2D eigenvalue weighted by Gasteiger charge is 2.18. The minimum Gasteiger partial charge on any atom is -0.496 e. The average Bonchev–Trinajstić information content (AvgIpc) is 3.01. The third-order valence-electron chi connectivity index (χ3n) is 5.94. The van der Waals surface area contributed by atoms with Gasteiger partial charge in [0, 0.05) is 24.2 Å². The van der Waals surface area contributed by atoms with E-state index in [-0.39, 0.29) is 40.0 Å². The predicted molar refractivity (Wildman–Crippen MR) is 180 cm³/mol. The molecule has 0 saturated carbocycles. The number of guanidine groups is 1. The lowest BCUT2D eigenvalue weighted by molar-refractivity contribution is -0.118. The number of carbonyl (C=O) groups excluding carboxylic acids is 3. The van der Waals surface area contributed by atoms with E-state index < -0.39 is 17.8 Å². The third kappa shape index (κ3) is 11.7. The van der Waals surface area contributed by atoms with Gasteiger partial charge in [-0.3, -0.25) is 14.4 Å². The van der Waals surface area contributed by atoms with E-state index in [9.17, 15) is 14.4 Å². The zero-order chi connectivity index (χ0) is 34.4. The summed E-state index contributed by atoms with van der Waals surface area (Å²) < 4.78 is 10.8. The van der Waals surface area contributed by atoms with Crippen LogP contribution in [0.25, 0.3) is 0 Å². The van der Waals surface area contributed by atoms with Crippen molar-refractivity contribution < 1.29 is 23.9 Å². The molecule has 0 bridgehead atoms. The number of nitrogen functional groups attached to an aromatic ring is 2. The Balaban J connectivity index is 0.000000410. The van der Waals surface area contributed by atoms with Crippen LogP contribution in [0, 0.1) is 0 Å². The van der Waals surface area contributed by atoms with Crippen LogP contribution in [0.15, 0.2) is 41.4 Å². The number of amides is 3. The van der Waals surface area contributed by atoms with E-state index in [4.69, 9.17) is 67.2 Å². The number of nitrogens with two attached hydrogens (primary N) is 4. The fourth-order valence-corrected chi connectivity index (χ4v) is 4.06. The molecule has 46 heavy (non-hydrogen) atoms. The molecule has 0 unspecified atom stereocenters. The summed E-state index contributed by atoms with van der Waals surface area (Å²) >= 11 is 17.7. The Labute approximate surface area is 280 Å².